The van der Waals surface area contributed by atoms with E-state index >= 15 is 0 Å². The van der Waals surface area contributed by atoms with Crippen LogP contribution in [0.1, 0.15) is 15.9 Å². The van der Waals surface area contributed by atoms with Crippen molar-refractivity contribution in [3.05, 3.63) is 59.7 Å². The van der Waals surface area contributed by atoms with Gasteiger partial charge in [-0.2, -0.15) is 0 Å². The minimum Gasteiger partial charge on any atom is -0.487 e. The molecule has 1 N–H and O–H groups in total. The summed E-state index contributed by atoms with van der Waals surface area (Å²) in [7, 11) is 0. The third-order valence-corrected chi connectivity index (χ3v) is 2.33. The lowest BCUT2D eigenvalue weighted by Crippen LogP contribution is -2.06. The molecule has 0 bridgehead atoms. The van der Waals surface area contributed by atoms with Gasteiger partial charge in [-0.05, 0) is 30.3 Å². The first-order valence-corrected chi connectivity index (χ1v) is 5.21. The van der Waals surface area contributed by atoms with Crippen molar-refractivity contribution in [2.24, 2.45) is 0 Å². The minimum absolute atomic E-state index is 0.0227. The molecule has 0 saturated heterocycles. The van der Waals surface area contributed by atoms with Crippen LogP contribution < -0.4 is 4.74 Å². The van der Waals surface area contributed by atoms with Gasteiger partial charge in [-0.25, -0.2) is 9.18 Å². The number of halogens is 1. The molecular weight excluding hydrogens is 237 g/mol. The van der Waals surface area contributed by atoms with E-state index in [-0.39, 0.29) is 17.7 Å². The monoisotopic (exact) mass is 247 g/mol. The number of carboxylic acids is 1. The molecule has 2 aromatic rings. The first-order valence-electron chi connectivity index (χ1n) is 5.21. The second kappa shape index (κ2) is 5.27. The topological polar surface area (TPSA) is 59.4 Å². The Kier molecular flexibility index (Phi) is 3.52. The zero-order chi connectivity index (χ0) is 13.0. The van der Waals surface area contributed by atoms with Gasteiger partial charge in [0.1, 0.15) is 18.2 Å². The Labute approximate surface area is 103 Å². The molecule has 5 heteroatoms. The maximum atomic E-state index is 13.1. The number of aromatic nitrogens is 1. The Bertz CT molecular complexity index is 557. The van der Waals surface area contributed by atoms with Crippen LogP contribution in [0.2, 0.25) is 0 Å². The highest BCUT2D eigenvalue weighted by Crippen LogP contribution is 2.15. The van der Waals surface area contributed by atoms with Crippen molar-refractivity contribution in [3.63, 3.8) is 0 Å². The molecule has 2 rings (SSSR count). The number of carbonyl (C=O) groups is 1. The van der Waals surface area contributed by atoms with E-state index in [1.807, 2.05) is 0 Å². The van der Waals surface area contributed by atoms with Crippen LogP contribution >= 0.6 is 0 Å². The van der Waals surface area contributed by atoms with Crippen LogP contribution in [0, 0.1) is 5.82 Å². The van der Waals surface area contributed by atoms with Crippen molar-refractivity contribution in [2.75, 3.05) is 0 Å². The Morgan fingerprint density at radius 1 is 1.39 bits per heavy atom. The lowest BCUT2D eigenvalue weighted by Gasteiger charge is -2.08. The number of hydrogen-bond acceptors (Lipinski definition) is 3. The fraction of sp³-hybridized carbons (Fsp3) is 0.0769. The summed E-state index contributed by atoms with van der Waals surface area (Å²) in [6.07, 6.45) is 3.09. The van der Waals surface area contributed by atoms with E-state index in [0.717, 1.165) is 12.1 Å². The number of hydrogen-bond donors (Lipinski definition) is 1. The van der Waals surface area contributed by atoms with Crippen molar-refractivity contribution in [3.8, 4) is 5.75 Å². The van der Waals surface area contributed by atoms with Gasteiger partial charge in [-0.15, -0.1) is 0 Å². The average Bonchev–Trinajstić information content (AvgIpc) is 2.37. The molecule has 0 atom stereocenters. The molecule has 1 aromatic heterocycles. The van der Waals surface area contributed by atoms with Crippen LogP contribution in [0.3, 0.4) is 0 Å². The number of nitrogens with zero attached hydrogens (tertiary/aromatic N) is 1. The lowest BCUT2D eigenvalue weighted by molar-refractivity contribution is 0.0694. The summed E-state index contributed by atoms with van der Waals surface area (Å²) in [4.78, 5) is 14.8. The van der Waals surface area contributed by atoms with Crippen LogP contribution in [-0.2, 0) is 6.61 Å². The van der Waals surface area contributed by atoms with E-state index in [1.54, 1.807) is 18.3 Å². The highest BCUT2D eigenvalue weighted by molar-refractivity contribution is 5.89. The maximum absolute atomic E-state index is 13.1. The fourth-order valence-electron chi connectivity index (χ4n) is 1.48. The number of aromatic carboxylic acids is 1. The molecule has 0 radical (unpaired) electrons. The quantitative estimate of drug-likeness (QED) is 0.901. The number of pyridine rings is 1. The largest absolute Gasteiger partial charge is 0.487 e. The van der Waals surface area contributed by atoms with Crippen molar-refractivity contribution in [1.82, 2.24) is 4.98 Å². The standard InChI is InChI=1S/C13H10FNO3/c14-10-3-4-12(13(16)17)9(6-10)8-18-11-2-1-5-15-7-11/h1-7H,8H2,(H,16,17). The van der Waals surface area contributed by atoms with Gasteiger partial charge in [0.05, 0.1) is 11.8 Å². The first kappa shape index (κ1) is 12.0. The number of rotatable bonds is 4. The summed E-state index contributed by atoms with van der Waals surface area (Å²) in [5, 5.41) is 8.96. The molecule has 0 aliphatic rings. The molecule has 0 aliphatic carbocycles. The molecular formula is C13H10FNO3. The van der Waals surface area contributed by atoms with Crippen molar-refractivity contribution >= 4 is 5.97 Å². The molecule has 0 amide bonds. The van der Waals surface area contributed by atoms with Crippen molar-refractivity contribution < 1.29 is 19.0 Å². The van der Waals surface area contributed by atoms with Crippen LogP contribution in [0.15, 0.2) is 42.7 Å². The van der Waals surface area contributed by atoms with Crippen LogP contribution in [0.5, 0.6) is 5.75 Å². The predicted molar refractivity (Wildman–Crippen MR) is 61.9 cm³/mol. The highest BCUT2D eigenvalue weighted by atomic mass is 19.1. The van der Waals surface area contributed by atoms with Gasteiger partial charge >= 0.3 is 5.97 Å². The zero-order valence-electron chi connectivity index (χ0n) is 9.34. The SMILES string of the molecule is O=C(O)c1ccc(F)cc1COc1cccnc1. The summed E-state index contributed by atoms with van der Waals surface area (Å²) < 4.78 is 18.4. The predicted octanol–water partition coefficient (Wildman–Crippen LogP) is 2.50. The molecule has 0 spiro atoms. The van der Waals surface area contributed by atoms with Crippen molar-refractivity contribution in [2.45, 2.75) is 6.61 Å². The van der Waals surface area contributed by atoms with Gasteiger partial charge in [0.25, 0.3) is 0 Å². The summed E-state index contributed by atoms with van der Waals surface area (Å²) >= 11 is 0. The van der Waals surface area contributed by atoms with Gasteiger partial charge in [-0.1, -0.05) is 0 Å². The fourth-order valence-corrected chi connectivity index (χ4v) is 1.48. The molecule has 18 heavy (non-hydrogen) atoms. The molecule has 1 heterocycles. The molecule has 0 unspecified atom stereocenters. The molecule has 0 fully saturated rings. The average molecular weight is 247 g/mol. The molecule has 4 nitrogen and oxygen atoms in total. The third kappa shape index (κ3) is 2.82. The second-order valence-corrected chi connectivity index (χ2v) is 3.58. The van der Waals surface area contributed by atoms with E-state index in [4.69, 9.17) is 9.84 Å². The normalized spacial score (nSPS) is 10.1. The Morgan fingerprint density at radius 3 is 2.89 bits per heavy atom. The summed E-state index contributed by atoms with van der Waals surface area (Å²) in [5.74, 6) is -1.11. The number of ether oxygens (including phenoxy) is 1. The van der Waals surface area contributed by atoms with E-state index < -0.39 is 11.8 Å². The van der Waals surface area contributed by atoms with E-state index in [2.05, 4.69) is 4.98 Å². The number of benzene rings is 1. The van der Waals surface area contributed by atoms with E-state index in [9.17, 15) is 9.18 Å². The summed E-state index contributed by atoms with van der Waals surface area (Å²) in [5.41, 5.74) is 0.312. The van der Waals surface area contributed by atoms with Gasteiger partial charge < -0.3 is 9.84 Å². The Morgan fingerprint density at radius 2 is 2.22 bits per heavy atom. The Balaban J connectivity index is 2.18. The van der Waals surface area contributed by atoms with Crippen LogP contribution in [0.4, 0.5) is 4.39 Å². The van der Waals surface area contributed by atoms with Gasteiger partial charge in [0.2, 0.25) is 0 Å². The molecule has 0 saturated carbocycles. The third-order valence-electron chi connectivity index (χ3n) is 2.33. The molecule has 92 valence electrons. The van der Waals surface area contributed by atoms with E-state index in [1.165, 1.54) is 12.3 Å². The second-order valence-electron chi connectivity index (χ2n) is 3.58. The Hall–Kier alpha value is -2.43. The van der Waals surface area contributed by atoms with Gasteiger partial charge in [-0.3, -0.25) is 4.98 Å². The lowest BCUT2D eigenvalue weighted by atomic mass is 10.1. The number of carboxylic acid groups (broad SMARTS) is 1. The van der Waals surface area contributed by atoms with Crippen LogP contribution in [0.25, 0.3) is 0 Å². The summed E-state index contributed by atoms with van der Waals surface area (Å²) in [6, 6.07) is 6.86. The summed E-state index contributed by atoms with van der Waals surface area (Å²) in [6.45, 7) is -0.0227. The minimum atomic E-state index is -1.11. The van der Waals surface area contributed by atoms with Crippen molar-refractivity contribution in [1.29, 1.82) is 0 Å². The maximum Gasteiger partial charge on any atom is 0.336 e. The first-order chi connectivity index (χ1) is 8.66. The van der Waals surface area contributed by atoms with Gasteiger partial charge in [0.15, 0.2) is 0 Å². The zero-order valence-corrected chi connectivity index (χ0v) is 9.34. The van der Waals surface area contributed by atoms with E-state index in [0.29, 0.717) is 5.75 Å². The molecule has 1 aromatic carbocycles. The van der Waals surface area contributed by atoms with Crippen LogP contribution in [-0.4, -0.2) is 16.1 Å². The highest BCUT2D eigenvalue weighted by Gasteiger charge is 2.11. The molecule has 0 aliphatic heterocycles. The van der Waals surface area contributed by atoms with Gasteiger partial charge in [0, 0.05) is 11.8 Å². The smallest absolute Gasteiger partial charge is 0.336 e.